The third-order valence-corrected chi connectivity index (χ3v) is 6.35. The van der Waals surface area contributed by atoms with E-state index in [0.717, 1.165) is 24.3 Å². The van der Waals surface area contributed by atoms with Gasteiger partial charge in [0.15, 0.2) is 23.1 Å². The zero-order valence-corrected chi connectivity index (χ0v) is 25.1. The van der Waals surface area contributed by atoms with E-state index in [0.29, 0.717) is 16.9 Å². The first kappa shape index (κ1) is 34.0. The summed E-state index contributed by atoms with van der Waals surface area (Å²) < 4.78 is 53.0. The van der Waals surface area contributed by atoms with E-state index in [-0.39, 0.29) is 16.9 Å². The van der Waals surface area contributed by atoms with Crippen molar-refractivity contribution in [2.24, 2.45) is 0 Å². The largest absolute Gasteiger partial charge is 0.423 e. The molecule has 0 saturated heterocycles. The quantitative estimate of drug-likeness (QED) is 0.0781. The van der Waals surface area contributed by atoms with E-state index < -0.39 is 58.1 Å². The van der Waals surface area contributed by atoms with E-state index in [9.17, 15) is 19.2 Å². The van der Waals surface area contributed by atoms with Gasteiger partial charge >= 0.3 is 23.9 Å². The molecule has 0 heterocycles. The highest BCUT2D eigenvalue weighted by Gasteiger charge is 2.29. The van der Waals surface area contributed by atoms with Crippen LogP contribution in [0.1, 0.15) is 11.1 Å². The van der Waals surface area contributed by atoms with Gasteiger partial charge in [-0.25, -0.2) is 28.0 Å². The van der Waals surface area contributed by atoms with Crippen molar-refractivity contribution in [3.63, 3.8) is 0 Å². The van der Waals surface area contributed by atoms with Crippen LogP contribution < -0.4 is 18.9 Å². The van der Waals surface area contributed by atoms with Gasteiger partial charge in [-0.3, -0.25) is 0 Å². The monoisotopic (exact) mass is 646 g/mol. The van der Waals surface area contributed by atoms with Crippen LogP contribution in [-0.2, 0) is 19.2 Å². The van der Waals surface area contributed by atoms with Crippen molar-refractivity contribution in [1.82, 2.24) is 0 Å². The molecule has 0 radical (unpaired) electrons. The summed E-state index contributed by atoms with van der Waals surface area (Å²) in [7, 11) is 0. The number of hydrogen-bond acceptors (Lipinski definition) is 8. The van der Waals surface area contributed by atoms with Crippen molar-refractivity contribution in [1.29, 1.82) is 0 Å². The summed E-state index contributed by atoms with van der Waals surface area (Å²) in [6, 6.07) is 18.3. The second-order valence-corrected chi connectivity index (χ2v) is 9.41. The van der Waals surface area contributed by atoms with Crippen LogP contribution in [0, 0.1) is 23.5 Å². The van der Waals surface area contributed by atoms with Crippen LogP contribution in [0.25, 0.3) is 22.3 Å². The third-order valence-electron chi connectivity index (χ3n) is 6.35. The summed E-state index contributed by atoms with van der Waals surface area (Å²) in [4.78, 5) is 47.4. The van der Waals surface area contributed by atoms with E-state index in [4.69, 9.17) is 18.9 Å². The molecule has 0 aromatic heterocycles. The van der Waals surface area contributed by atoms with Gasteiger partial charge in [0.25, 0.3) is 0 Å². The highest BCUT2D eigenvalue weighted by molar-refractivity contribution is 5.89. The van der Waals surface area contributed by atoms with E-state index in [1.54, 1.807) is 36.4 Å². The summed E-state index contributed by atoms with van der Waals surface area (Å²) in [5.41, 5.74) is 0.421. The molecule has 48 heavy (non-hydrogen) atoms. The van der Waals surface area contributed by atoms with E-state index in [1.807, 2.05) is 0 Å². The van der Waals surface area contributed by atoms with Crippen molar-refractivity contribution in [2.45, 2.75) is 0 Å². The third kappa shape index (κ3) is 8.04. The first-order valence-electron chi connectivity index (χ1n) is 13.8. The number of rotatable bonds is 10. The van der Waals surface area contributed by atoms with Gasteiger partial charge in [-0.15, -0.1) is 0 Å². The molecule has 0 amide bonds. The molecule has 10 heteroatoms. The first-order valence-corrected chi connectivity index (χ1v) is 13.8. The second kappa shape index (κ2) is 15.4. The van der Waals surface area contributed by atoms with Crippen LogP contribution in [-0.4, -0.2) is 23.9 Å². The van der Waals surface area contributed by atoms with Crippen molar-refractivity contribution < 1.29 is 46.9 Å². The summed E-state index contributed by atoms with van der Waals surface area (Å²) in [6.07, 6.45) is 3.53. The molecule has 0 unspecified atom stereocenters. The minimum Gasteiger partial charge on any atom is -0.423 e. The SMILES string of the molecule is C=CC(=O)Oc1ccc(C#Cc2c(F)c(OC(=O)C=C)c(-c3ccc(-c4ccc(OC(=O)C=C)cc4)cc3)c(F)c2OC(=O)C=C)cc1. The number of esters is 4. The Balaban J connectivity index is 1.82. The summed E-state index contributed by atoms with van der Waals surface area (Å²) in [5, 5.41) is 0. The zero-order valence-electron chi connectivity index (χ0n) is 25.1. The molecule has 0 fully saturated rings. The molecule has 4 aromatic rings. The molecule has 0 bridgehead atoms. The molecule has 0 atom stereocenters. The molecule has 0 spiro atoms. The van der Waals surface area contributed by atoms with Crippen molar-refractivity contribution in [2.75, 3.05) is 0 Å². The first-order chi connectivity index (χ1) is 23.1. The van der Waals surface area contributed by atoms with Gasteiger partial charge in [0, 0.05) is 29.9 Å². The fourth-order valence-corrected chi connectivity index (χ4v) is 4.09. The van der Waals surface area contributed by atoms with Crippen LogP contribution in [0.5, 0.6) is 23.0 Å². The average molecular weight is 647 g/mol. The van der Waals surface area contributed by atoms with E-state index in [2.05, 4.69) is 38.2 Å². The maximum absolute atomic E-state index is 16.4. The summed E-state index contributed by atoms with van der Waals surface area (Å²) in [5.74, 6) is -2.21. The lowest BCUT2D eigenvalue weighted by atomic mass is 9.97. The molecule has 4 rings (SSSR count). The fourth-order valence-electron chi connectivity index (χ4n) is 4.09. The van der Waals surface area contributed by atoms with E-state index >= 15 is 8.78 Å². The molecule has 4 aromatic carbocycles. The van der Waals surface area contributed by atoms with Crippen LogP contribution in [0.2, 0.25) is 0 Å². The van der Waals surface area contributed by atoms with Gasteiger partial charge in [0.2, 0.25) is 0 Å². The highest BCUT2D eigenvalue weighted by atomic mass is 19.1. The lowest BCUT2D eigenvalue weighted by Gasteiger charge is -2.17. The Morgan fingerprint density at radius 3 is 1.38 bits per heavy atom. The molecule has 0 aliphatic rings. The Hall–Kier alpha value is -6.86. The molecular formula is C38H24F2O8. The highest BCUT2D eigenvalue weighted by Crippen LogP contribution is 2.43. The Bertz CT molecular complexity index is 2020. The zero-order chi connectivity index (χ0) is 34.8. The van der Waals surface area contributed by atoms with Crippen LogP contribution >= 0.6 is 0 Å². The topological polar surface area (TPSA) is 105 Å². The predicted octanol–water partition coefficient (Wildman–Crippen LogP) is 7.06. The Labute approximate surface area is 273 Å². The number of benzene rings is 4. The van der Waals surface area contributed by atoms with Crippen molar-refractivity contribution >= 4 is 23.9 Å². The Morgan fingerprint density at radius 2 is 0.896 bits per heavy atom. The molecule has 0 saturated carbocycles. The van der Waals surface area contributed by atoms with Gasteiger partial charge in [-0.05, 0) is 53.1 Å². The number of carbonyl (C=O) groups excluding carboxylic acids is 4. The number of hydrogen-bond donors (Lipinski definition) is 0. The Morgan fingerprint density at radius 1 is 0.500 bits per heavy atom. The molecule has 238 valence electrons. The predicted molar refractivity (Wildman–Crippen MR) is 173 cm³/mol. The van der Waals surface area contributed by atoms with Gasteiger partial charge in [0.1, 0.15) is 17.1 Å². The normalized spacial score (nSPS) is 9.96. The number of carbonyl (C=O) groups is 4. The fraction of sp³-hybridized carbons (Fsp3) is 0. The van der Waals surface area contributed by atoms with Gasteiger partial charge < -0.3 is 18.9 Å². The lowest BCUT2D eigenvalue weighted by Crippen LogP contribution is -2.12. The van der Waals surface area contributed by atoms with Crippen LogP contribution in [0.4, 0.5) is 8.78 Å². The summed E-state index contributed by atoms with van der Waals surface area (Å²) >= 11 is 0. The number of ether oxygens (including phenoxy) is 4. The Kier molecular flexibility index (Phi) is 10.9. The molecule has 8 nitrogen and oxygen atoms in total. The van der Waals surface area contributed by atoms with Gasteiger partial charge in [-0.2, -0.15) is 0 Å². The molecule has 0 aliphatic heterocycles. The standard InChI is InChI=1S/C38H24F2O8/c1-5-30(41)45-27-18-9-23(10-19-27)11-22-29-35(39)38(48-33(44)8-4)34(36(40)37(29)47-32(43)7-3)26-14-12-24(13-15-26)25-16-20-28(21-17-25)46-31(42)6-2/h5-10,12-21H,1-4H2. The maximum Gasteiger partial charge on any atom is 0.335 e. The minimum atomic E-state index is -1.30. The summed E-state index contributed by atoms with van der Waals surface area (Å²) in [6.45, 7) is 13.3. The van der Waals surface area contributed by atoms with Gasteiger partial charge in [-0.1, -0.05) is 74.6 Å². The second-order valence-electron chi connectivity index (χ2n) is 9.41. The van der Waals surface area contributed by atoms with Crippen molar-refractivity contribution in [3.05, 3.63) is 146 Å². The minimum absolute atomic E-state index is 0.0543. The lowest BCUT2D eigenvalue weighted by molar-refractivity contribution is -0.130. The molecular weight excluding hydrogens is 622 g/mol. The van der Waals surface area contributed by atoms with Crippen LogP contribution in [0.15, 0.2) is 123 Å². The molecule has 0 aliphatic carbocycles. The van der Waals surface area contributed by atoms with Crippen molar-refractivity contribution in [3.8, 4) is 57.1 Å². The smallest absolute Gasteiger partial charge is 0.335 e. The maximum atomic E-state index is 16.4. The van der Waals surface area contributed by atoms with Gasteiger partial charge in [0.05, 0.1) is 5.56 Å². The average Bonchev–Trinajstić information content (AvgIpc) is 3.11. The van der Waals surface area contributed by atoms with E-state index in [1.165, 1.54) is 36.4 Å². The molecule has 0 N–H and O–H groups in total. The number of halogens is 2. The van der Waals surface area contributed by atoms with Crippen LogP contribution in [0.3, 0.4) is 0 Å².